The van der Waals surface area contributed by atoms with Gasteiger partial charge in [0.1, 0.15) is 6.10 Å². The zero-order chi connectivity index (χ0) is 13.7. The van der Waals surface area contributed by atoms with Crippen molar-refractivity contribution < 1.29 is 4.43 Å². The minimum atomic E-state index is -1.61. The molecule has 0 aromatic rings. The number of rotatable bonds is 4. The summed E-state index contributed by atoms with van der Waals surface area (Å²) in [6.07, 6.45) is 4.80. The van der Waals surface area contributed by atoms with Crippen molar-refractivity contribution in [2.75, 3.05) is 0 Å². The predicted octanol–water partition coefficient (Wildman–Crippen LogP) is 4.24. The van der Waals surface area contributed by atoms with E-state index in [2.05, 4.69) is 39.6 Å². The van der Waals surface area contributed by atoms with E-state index in [0.29, 0.717) is 17.0 Å². The zero-order valence-electron chi connectivity index (χ0n) is 12.6. The molecule has 1 fully saturated rings. The molecule has 3 heteroatoms. The van der Waals surface area contributed by atoms with Gasteiger partial charge in [0, 0.05) is 5.71 Å². The van der Waals surface area contributed by atoms with Crippen LogP contribution in [-0.2, 0) is 4.43 Å². The molecule has 2 bridgehead atoms. The molecule has 2 nitrogen and oxygen atoms in total. The summed E-state index contributed by atoms with van der Waals surface area (Å²) < 4.78 is 6.27. The van der Waals surface area contributed by atoms with Gasteiger partial charge in [-0.25, -0.2) is 0 Å². The van der Waals surface area contributed by atoms with Crippen molar-refractivity contribution >= 4 is 14.0 Å². The second-order valence-corrected chi connectivity index (χ2v) is 12.0. The standard InChI is InChI=1S/C15H27NOSi/c1-10(16)14(17-18(4,5)6)12-8-7-11-9-13(12)15(11,2)3/h8,11,13-14,16H,7,9H2,1-6H3/t11-,13-,14?/m0/s1. The Morgan fingerprint density at radius 3 is 2.44 bits per heavy atom. The van der Waals surface area contributed by atoms with Crippen LogP contribution in [0.3, 0.4) is 0 Å². The number of hydrogen-bond acceptors (Lipinski definition) is 2. The van der Waals surface area contributed by atoms with Gasteiger partial charge in [-0.15, -0.1) is 0 Å². The third kappa shape index (κ3) is 2.35. The quantitative estimate of drug-likeness (QED) is 0.460. The molecule has 0 aromatic carbocycles. The first-order valence-electron chi connectivity index (χ1n) is 7.05. The van der Waals surface area contributed by atoms with Crippen molar-refractivity contribution in [3.05, 3.63) is 11.6 Å². The van der Waals surface area contributed by atoms with E-state index >= 15 is 0 Å². The Bertz CT molecular complexity index is 392. The van der Waals surface area contributed by atoms with Crippen LogP contribution < -0.4 is 0 Å². The maximum Gasteiger partial charge on any atom is 0.185 e. The molecule has 18 heavy (non-hydrogen) atoms. The number of nitrogens with one attached hydrogen (secondary N) is 1. The van der Waals surface area contributed by atoms with Crippen LogP contribution in [0.1, 0.15) is 33.6 Å². The second-order valence-electron chi connectivity index (χ2n) is 7.54. The molecular weight excluding hydrogens is 238 g/mol. The number of fused-ring (bicyclic) bond motifs is 1. The topological polar surface area (TPSA) is 33.1 Å². The molecule has 1 unspecified atom stereocenters. The SMILES string of the molecule is CC(=N)C(O[Si](C)(C)C)C1=CC[C@H]2C[C@@H]1C2(C)C. The van der Waals surface area contributed by atoms with Crippen LogP contribution in [0.4, 0.5) is 0 Å². The smallest absolute Gasteiger partial charge is 0.185 e. The van der Waals surface area contributed by atoms with E-state index in [4.69, 9.17) is 9.84 Å². The van der Waals surface area contributed by atoms with E-state index in [9.17, 15) is 0 Å². The van der Waals surface area contributed by atoms with E-state index in [0.717, 1.165) is 5.92 Å². The minimum absolute atomic E-state index is 0.0535. The van der Waals surface area contributed by atoms with Gasteiger partial charge in [-0.3, -0.25) is 0 Å². The maximum atomic E-state index is 8.06. The first-order chi connectivity index (χ1) is 8.13. The third-order valence-corrected chi connectivity index (χ3v) is 5.62. The van der Waals surface area contributed by atoms with Gasteiger partial charge < -0.3 is 9.84 Å². The summed E-state index contributed by atoms with van der Waals surface area (Å²) in [6.45, 7) is 13.3. The highest BCUT2D eigenvalue weighted by molar-refractivity contribution is 6.70. The van der Waals surface area contributed by atoms with Gasteiger partial charge >= 0.3 is 0 Å². The Morgan fingerprint density at radius 2 is 2.06 bits per heavy atom. The number of allylic oxidation sites excluding steroid dienone is 1. The second kappa shape index (κ2) is 4.31. The lowest BCUT2D eigenvalue weighted by Gasteiger charge is -2.57. The van der Waals surface area contributed by atoms with E-state index < -0.39 is 8.32 Å². The Hall–Kier alpha value is -0.413. The molecule has 0 aromatic heterocycles. The van der Waals surface area contributed by atoms with Crippen LogP contribution in [0.5, 0.6) is 0 Å². The lowest BCUT2D eigenvalue weighted by atomic mass is 9.48. The first-order valence-corrected chi connectivity index (χ1v) is 10.5. The van der Waals surface area contributed by atoms with Crippen molar-refractivity contribution in [2.45, 2.75) is 59.4 Å². The van der Waals surface area contributed by atoms with Gasteiger partial charge in [-0.1, -0.05) is 19.9 Å². The molecule has 0 heterocycles. The van der Waals surface area contributed by atoms with Crippen molar-refractivity contribution in [1.82, 2.24) is 0 Å². The van der Waals surface area contributed by atoms with Gasteiger partial charge in [0.2, 0.25) is 0 Å². The van der Waals surface area contributed by atoms with Crippen LogP contribution in [0, 0.1) is 22.7 Å². The maximum absolute atomic E-state index is 8.06. The third-order valence-electron chi connectivity index (χ3n) is 4.68. The molecule has 0 saturated heterocycles. The highest BCUT2D eigenvalue weighted by Crippen LogP contribution is 2.60. The summed E-state index contributed by atoms with van der Waals surface area (Å²) in [6, 6.07) is 0. The highest BCUT2D eigenvalue weighted by atomic mass is 28.4. The van der Waals surface area contributed by atoms with Crippen LogP contribution in [-0.4, -0.2) is 20.1 Å². The molecular formula is C15H27NOSi. The Labute approximate surface area is 112 Å². The van der Waals surface area contributed by atoms with Crippen molar-refractivity contribution in [3.63, 3.8) is 0 Å². The molecule has 3 aliphatic rings. The normalized spacial score (nSPS) is 31.3. The Morgan fingerprint density at radius 1 is 1.44 bits per heavy atom. The van der Waals surface area contributed by atoms with Gasteiger partial charge in [0.05, 0.1) is 0 Å². The summed E-state index contributed by atoms with van der Waals surface area (Å²) in [4.78, 5) is 0. The molecule has 3 atom stereocenters. The van der Waals surface area contributed by atoms with Gasteiger partial charge in [0.25, 0.3) is 0 Å². The lowest BCUT2D eigenvalue weighted by Crippen LogP contribution is -2.52. The van der Waals surface area contributed by atoms with Crippen molar-refractivity contribution in [2.24, 2.45) is 17.3 Å². The molecule has 0 aliphatic heterocycles. The molecule has 3 aliphatic carbocycles. The summed E-state index contributed by atoms with van der Waals surface area (Å²) in [5.41, 5.74) is 2.49. The first kappa shape index (κ1) is 14.0. The Kier molecular flexibility index (Phi) is 3.35. The van der Waals surface area contributed by atoms with Crippen molar-refractivity contribution in [3.8, 4) is 0 Å². The average molecular weight is 265 g/mol. The van der Waals surface area contributed by atoms with Crippen LogP contribution in [0.15, 0.2) is 11.6 Å². The predicted molar refractivity (Wildman–Crippen MR) is 79.7 cm³/mol. The summed E-state index contributed by atoms with van der Waals surface area (Å²) in [5.74, 6) is 1.49. The van der Waals surface area contributed by atoms with E-state index in [1.54, 1.807) is 0 Å². The fourth-order valence-corrected chi connectivity index (χ4v) is 4.47. The zero-order valence-corrected chi connectivity index (χ0v) is 13.6. The van der Waals surface area contributed by atoms with E-state index in [-0.39, 0.29) is 6.10 Å². The van der Waals surface area contributed by atoms with Crippen LogP contribution in [0.25, 0.3) is 0 Å². The molecule has 3 rings (SSSR count). The molecule has 0 amide bonds. The average Bonchev–Trinajstić information content (AvgIpc) is 2.24. The fraction of sp³-hybridized carbons (Fsp3) is 0.800. The van der Waals surface area contributed by atoms with Gasteiger partial charge in [-0.05, 0) is 62.2 Å². The van der Waals surface area contributed by atoms with Crippen LogP contribution in [0.2, 0.25) is 19.6 Å². The van der Waals surface area contributed by atoms with Crippen molar-refractivity contribution in [1.29, 1.82) is 5.41 Å². The molecule has 102 valence electrons. The lowest BCUT2D eigenvalue weighted by molar-refractivity contribution is -0.0152. The summed E-state index contributed by atoms with van der Waals surface area (Å²) in [7, 11) is -1.61. The molecule has 0 radical (unpaired) electrons. The molecule has 1 N–H and O–H groups in total. The van der Waals surface area contributed by atoms with Gasteiger partial charge in [-0.2, -0.15) is 0 Å². The molecule has 1 saturated carbocycles. The number of hydrogen-bond donors (Lipinski definition) is 1. The molecule has 0 spiro atoms. The largest absolute Gasteiger partial charge is 0.406 e. The monoisotopic (exact) mass is 265 g/mol. The van der Waals surface area contributed by atoms with Crippen LogP contribution >= 0.6 is 0 Å². The van der Waals surface area contributed by atoms with E-state index in [1.807, 2.05) is 6.92 Å². The fourth-order valence-electron chi connectivity index (χ4n) is 3.45. The van der Waals surface area contributed by atoms with E-state index in [1.165, 1.54) is 18.4 Å². The minimum Gasteiger partial charge on any atom is -0.406 e. The van der Waals surface area contributed by atoms with Gasteiger partial charge in [0.15, 0.2) is 8.32 Å². The highest BCUT2D eigenvalue weighted by Gasteiger charge is 2.53. The summed E-state index contributed by atoms with van der Waals surface area (Å²) >= 11 is 0. The summed E-state index contributed by atoms with van der Waals surface area (Å²) in [5, 5.41) is 8.06. The Balaban J connectivity index is 2.23.